The molecule has 322 valence electrons. The van der Waals surface area contributed by atoms with Gasteiger partial charge in [-0.25, -0.2) is 0 Å². The van der Waals surface area contributed by atoms with Crippen molar-refractivity contribution < 1.29 is 13.3 Å². The lowest BCUT2D eigenvalue weighted by Gasteiger charge is -2.28. The number of anilines is 6. The van der Waals surface area contributed by atoms with Crippen molar-refractivity contribution in [3.8, 4) is 0 Å². The molecule has 5 heteroatoms. The molecule has 0 amide bonds. The van der Waals surface area contributed by atoms with Gasteiger partial charge in [-0.3, -0.25) is 0 Å². The standard InChI is InChI=1S/C62H46N2O3/c1-35-23-48(24-36(2)39(35)5)63(49-25-37(3)40(6)38(4)26-49)46-21-19-41-29-52-54-33-55-53-30-42-20-22-47(28-44(42)32-59(53)66-61(55)34-60(54)65-58(52)31-43(41)27-46)64(45-13-8-7-9-14-45)56-17-12-16-51-50-15-10-11-18-57(50)67-62(51)56/h7-34H,1-6H3. The Balaban J connectivity index is 0.912. The molecular formula is C62H46N2O3. The molecule has 0 fully saturated rings. The van der Waals surface area contributed by atoms with Gasteiger partial charge in [0.05, 0.1) is 5.69 Å². The van der Waals surface area contributed by atoms with E-state index in [1.54, 1.807) is 0 Å². The molecular weight excluding hydrogens is 821 g/mol. The van der Waals surface area contributed by atoms with E-state index in [4.69, 9.17) is 13.3 Å². The van der Waals surface area contributed by atoms with Gasteiger partial charge in [-0.1, -0.05) is 60.7 Å². The van der Waals surface area contributed by atoms with Crippen LogP contribution < -0.4 is 9.80 Å². The summed E-state index contributed by atoms with van der Waals surface area (Å²) < 4.78 is 19.9. The van der Waals surface area contributed by atoms with E-state index in [0.717, 1.165) is 121 Å². The van der Waals surface area contributed by atoms with Crippen molar-refractivity contribution in [2.24, 2.45) is 0 Å². The predicted molar refractivity (Wildman–Crippen MR) is 281 cm³/mol. The summed E-state index contributed by atoms with van der Waals surface area (Å²) >= 11 is 0. The van der Waals surface area contributed by atoms with E-state index in [0.29, 0.717) is 0 Å². The van der Waals surface area contributed by atoms with Crippen LogP contribution in [-0.4, -0.2) is 0 Å². The van der Waals surface area contributed by atoms with Crippen molar-refractivity contribution in [2.45, 2.75) is 41.5 Å². The highest BCUT2D eigenvalue weighted by molar-refractivity contribution is 6.19. The first kappa shape index (κ1) is 39.1. The van der Waals surface area contributed by atoms with E-state index in [1.165, 1.54) is 33.4 Å². The summed E-state index contributed by atoms with van der Waals surface area (Å²) in [6.45, 7) is 13.2. The molecule has 0 atom stereocenters. The highest BCUT2D eigenvalue weighted by atomic mass is 16.3. The summed E-state index contributed by atoms with van der Waals surface area (Å²) in [6.07, 6.45) is 0. The lowest BCUT2D eigenvalue weighted by atomic mass is 9.99. The van der Waals surface area contributed by atoms with E-state index < -0.39 is 0 Å². The summed E-state index contributed by atoms with van der Waals surface area (Å²) in [6, 6.07) is 61.0. The Bertz CT molecular complexity index is 4080. The molecule has 0 unspecified atom stereocenters. The molecule has 0 bridgehead atoms. The fourth-order valence-corrected chi connectivity index (χ4v) is 10.4. The fraction of sp³-hybridized carbons (Fsp3) is 0.0968. The quantitative estimate of drug-likeness (QED) is 0.167. The van der Waals surface area contributed by atoms with Crippen LogP contribution in [0.15, 0.2) is 183 Å². The van der Waals surface area contributed by atoms with Crippen LogP contribution in [0.3, 0.4) is 0 Å². The molecule has 0 saturated heterocycles. The average molecular weight is 867 g/mol. The number of hydrogen-bond donors (Lipinski definition) is 0. The minimum Gasteiger partial charge on any atom is -0.456 e. The number of fused-ring (bicyclic) bond motifs is 11. The first-order chi connectivity index (χ1) is 32.6. The van der Waals surface area contributed by atoms with Crippen LogP contribution in [0.1, 0.15) is 33.4 Å². The lowest BCUT2D eigenvalue weighted by molar-refractivity contribution is 0.656. The molecule has 0 aliphatic carbocycles. The largest absolute Gasteiger partial charge is 0.456 e. The SMILES string of the molecule is Cc1cc(N(c2cc(C)c(C)c(C)c2)c2ccc3cc4c(cc3c2)oc2cc3oc5cc6cc(N(c7ccccc7)c7cccc8c7oc7ccccc78)ccc6cc5c3cc24)cc(C)c1C. The van der Waals surface area contributed by atoms with Gasteiger partial charge in [-0.2, -0.15) is 0 Å². The third-order valence-corrected chi connectivity index (χ3v) is 14.4. The fourth-order valence-electron chi connectivity index (χ4n) is 10.4. The third kappa shape index (κ3) is 6.15. The number of benzene rings is 10. The van der Waals surface area contributed by atoms with Gasteiger partial charge in [0.1, 0.15) is 27.9 Å². The Morgan fingerprint density at radius 1 is 0.284 bits per heavy atom. The molecule has 0 radical (unpaired) electrons. The normalized spacial score (nSPS) is 12.0. The average Bonchev–Trinajstić information content (AvgIpc) is 4.01. The van der Waals surface area contributed by atoms with Crippen LogP contribution in [-0.2, 0) is 0 Å². The Kier molecular flexibility index (Phi) is 8.53. The minimum absolute atomic E-state index is 0.800. The Hall–Kier alpha value is -8.28. The van der Waals surface area contributed by atoms with Crippen molar-refractivity contribution in [2.75, 3.05) is 9.80 Å². The lowest BCUT2D eigenvalue weighted by Crippen LogP contribution is -2.12. The summed E-state index contributed by atoms with van der Waals surface area (Å²) in [5.41, 5.74) is 19.3. The second kappa shape index (κ2) is 14.6. The number of hydrogen-bond acceptors (Lipinski definition) is 5. The third-order valence-electron chi connectivity index (χ3n) is 14.4. The predicted octanol–water partition coefficient (Wildman–Crippen LogP) is 18.5. The molecule has 10 aromatic carbocycles. The number of rotatable bonds is 6. The zero-order valence-corrected chi connectivity index (χ0v) is 38.3. The second-order valence-electron chi connectivity index (χ2n) is 18.5. The van der Waals surface area contributed by atoms with Gasteiger partial charge in [0.2, 0.25) is 0 Å². The van der Waals surface area contributed by atoms with Gasteiger partial charge in [0, 0.05) is 66.8 Å². The number of para-hydroxylation sites is 3. The maximum Gasteiger partial charge on any atom is 0.159 e. The molecule has 13 aromatic rings. The van der Waals surface area contributed by atoms with Crippen molar-refractivity contribution >= 4 is 121 Å². The van der Waals surface area contributed by atoms with Gasteiger partial charge in [-0.15, -0.1) is 0 Å². The number of furan rings is 3. The first-order valence-corrected chi connectivity index (χ1v) is 23.0. The maximum atomic E-state index is 6.69. The zero-order valence-electron chi connectivity index (χ0n) is 38.3. The first-order valence-electron chi connectivity index (χ1n) is 23.0. The Morgan fingerprint density at radius 2 is 0.776 bits per heavy atom. The van der Waals surface area contributed by atoms with Crippen LogP contribution in [0.4, 0.5) is 34.1 Å². The summed E-state index contributed by atoms with van der Waals surface area (Å²) in [5.74, 6) is 0. The van der Waals surface area contributed by atoms with Crippen molar-refractivity contribution in [1.82, 2.24) is 0 Å². The van der Waals surface area contributed by atoms with E-state index in [1.807, 2.05) is 12.1 Å². The van der Waals surface area contributed by atoms with Gasteiger partial charge in [-0.05, 0) is 200 Å². The molecule has 13 rings (SSSR count). The molecule has 67 heavy (non-hydrogen) atoms. The van der Waals surface area contributed by atoms with Crippen molar-refractivity contribution in [3.63, 3.8) is 0 Å². The molecule has 5 nitrogen and oxygen atoms in total. The van der Waals surface area contributed by atoms with E-state index in [-0.39, 0.29) is 0 Å². The van der Waals surface area contributed by atoms with Gasteiger partial charge >= 0.3 is 0 Å². The minimum atomic E-state index is 0.800. The summed E-state index contributed by atoms with van der Waals surface area (Å²) in [4.78, 5) is 4.68. The topological polar surface area (TPSA) is 45.9 Å². The summed E-state index contributed by atoms with van der Waals surface area (Å²) in [7, 11) is 0. The number of nitrogens with zero attached hydrogens (tertiary/aromatic N) is 2. The van der Waals surface area contributed by atoms with Crippen molar-refractivity contribution in [1.29, 1.82) is 0 Å². The van der Waals surface area contributed by atoms with Gasteiger partial charge in [0.15, 0.2) is 5.58 Å². The molecule has 0 spiro atoms. The Morgan fingerprint density at radius 3 is 1.36 bits per heavy atom. The smallest absolute Gasteiger partial charge is 0.159 e. The molecule has 0 aliphatic rings. The second-order valence-corrected chi connectivity index (χ2v) is 18.5. The van der Waals surface area contributed by atoms with E-state index in [2.05, 4.69) is 209 Å². The van der Waals surface area contributed by atoms with Crippen LogP contribution in [0.25, 0.3) is 87.4 Å². The van der Waals surface area contributed by atoms with Gasteiger partial charge in [0.25, 0.3) is 0 Å². The van der Waals surface area contributed by atoms with E-state index in [9.17, 15) is 0 Å². The van der Waals surface area contributed by atoms with Crippen LogP contribution >= 0.6 is 0 Å². The summed E-state index contributed by atoms with van der Waals surface area (Å²) in [5, 5.41) is 11.0. The number of aryl methyl sites for hydroxylation is 4. The molecule has 3 aromatic heterocycles. The van der Waals surface area contributed by atoms with Crippen LogP contribution in [0.5, 0.6) is 0 Å². The Labute approximate surface area is 387 Å². The van der Waals surface area contributed by atoms with Crippen LogP contribution in [0, 0.1) is 41.5 Å². The zero-order chi connectivity index (χ0) is 45.2. The monoisotopic (exact) mass is 866 g/mol. The van der Waals surface area contributed by atoms with Crippen LogP contribution in [0.2, 0.25) is 0 Å². The molecule has 3 heterocycles. The van der Waals surface area contributed by atoms with E-state index >= 15 is 0 Å². The molecule has 0 N–H and O–H groups in total. The van der Waals surface area contributed by atoms with Gasteiger partial charge < -0.3 is 23.1 Å². The maximum absolute atomic E-state index is 6.69. The molecule has 0 aliphatic heterocycles. The molecule has 0 saturated carbocycles. The highest BCUT2D eigenvalue weighted by Crippen LogP contribution is 2.45. The van der Waals surface area contributed by atoms with Crippen molar-refractivity contribution in [3.05, 3.63) is 203 Å². The highest BCUT2D eigenvalue weighted by Gasteiger charge is 2.22.